The van der Waals surface area contributed by atoms with E-state index in [-0.39, 0.29) is 23.6 Å². The molecule has 0 aliphatic carbocycles. The van der Waals surface area contributed by atoms with Gasteiger partial charge in [-0.05, 0) is 19.1 Å². The Balaban J connectivity index is 2.67. The molecule has 1 unspecified atom stereocenters. The number of hydrogen-bond donors (Lipinski definition) is 1. The highest BCUT2D eigenvalue weighted by atomic mass is 19.4. The van der Waals surface area contributed by atoms with Crippen LogP contribution in [-0.2, 0) is 0 Å². The van der Waals surface area contributed by atoms with E-state index in [2.05, 4.69) is 10.1 Å². The predicted octanol–water partition coefficient (Wildman–Crippen LogP) is 3.35. The zero-order chi connectivity index (χ0) is 14.5. The molecular weight excluding hydrogens is 259 g/mol. The molecular formula is C13H18F3NO2. The molecule has 0 heterocycles. The molecule has 1 N–H and O–H groups in total. The van der Waals surface area contributed by atoms with E-state index >= 15 is 0 Å². The van der Waals surface area contributed by atoms with Gasteiger partial charge in [0.1, 0.15) is 6.10 Å². The first kappa shape index (κ1) is 15.6. The van der Waals surface area contributed by atoms with Gasteiger partial charge in [0.05, 0.1) is 0 Å². The summed E-state index contributed by atoms with van der Waals surface area (Å²) in [7, 11) is 0. The standard InChI is InChI=1S/C13H18F3NO2/c1-9(2)17-8-10(3)18-11-6-4-5-7-12(11)19-13(14,15)16/h4-7,9-10,17H,8H2,1-3H3. The largest absolute Gasteiger partial charge is 0.573 e. The third kappa shape index (κ3) is 6.33. The van der Waals surface area contributed by atoms with E-state index in [1.807, 2.05) is 13.8 Å². The molecule has 3 nitrogen and oxygen atoms in total. The van der Waals surface area contributed by atoms with Crippen molar-refractivity contribution in [2.45, 2.75) is 39.3 Å². The highest BCUT2D eigenvalue weighted by Crippen LogP contribution is 2.32. The van der Waals surface area contributed by atoms with Gasteiger partial charge in [0.25, 0.3) is 0 Å². The molecule has 0 bridgehead atoms. The second-order valence-electron chi connectivity index (χ2n) is 4.49. The molecule has 108 valence electrons. The normalized spacial score (nSPS) is 13.4. The lowest BCUT2D eigenvalue weighted by molar-refractivity contribution is -0.275. The van der Waals surface area contributed by atoms with E-state index in [0.717, 1.165) is 0 Å². The van der Waals surface area contributed by atoms with Crippen LogP contribution in [0.3, 0.4) is 0 Å². The maximum Gasteiger partial charge on any atom is 0.573 e. The summed E-state index contributed by atoms with van der Waals surface area (Å²) < 4.78 is 46.0. The summed E-state index contributed by atoms with van der Waals surface area (Å²) in [5, 5.41) is 3.15. The fourth-order valence-electron chi connectivity index (χ4n) is 1.42. The van der Waals surface area contributed by atoms with E-state index in [1.54, 1.807) is 13.0 Å². The topological polar surface area (TPSA) is 30.5 Å². The Labute approximate surface area is 110 Å². The van der Waals surface area contributed by atoms with Crippen LogP contribution in [0.1, 0.15) is 20.8 Å². The van der Waals surface area contributed by atoms with Gasteiger partial charge in [-0.3, -0.25) is 0 Å². The first-order valence-corrected chi connectivity index (χ1v) is 6.02. The quantitative estimate of drug-likeness (QED) is 0.865. The third-order valence-electron chi connectivity index (χ3n) is 2.22. The fourth-order valence-corrected chi connectivity index (χ4v) is 1.42. The van der Waals surface area contributed by atoms with E-state index in [9.17, 15) is 13.2 Å². The Bertz CT molecular complexity index is 394. The molecule has 0 aliphatic rings. The summed E-state index contributed by atoms with van der Waals surface area (Å²) in [6, 6.07) is 6.03. The van der Waals surface area contributed by atoms with Gasteiger partial charge in [0.15, 0.2) is 11.5 Å². The summed E-state index contributed by atoms with van der Waals surface area (Å²) in [6.07, 6.45) is -4.99. The van der Waals surface area contributed by atoms with Gasteiger partial charge in [-0.15, -0.1) is 13.2 Å². The van der Waals surface area contributed by atoms with Gasteiger partial charge in [-0.1, -0.05) is 26.0 Å². The number of halogens is 3. The van der Waals surface area contributed by atoms with Gasteiger partial charge in [0, 0.05) is 12.6 Å². The summed E-state index contributed by atoms with van der Waals surface area (Å²) >= 11 is 0. The van der Waals surface area contributed by atoms with Crippen molar-refractivity contribution in [2.24, 2.45) is 0 Å². The van der Waals surface area contributed by atoms with Gasteiger partial charge in [-0.25, -0.2) is 0 Å². The number of benzene rings is 1. The highest BCUT2D eigenvalue weighted by molar-refractivity contribution is 5.39. The predicted molar refractivity (Wildman–Crippen MR) is 66.4 cm³/mol. The number of hydrogen-bond acceptors (Lipinski definition) is 3. The van der Waals surface area contributed by atoms with Crippen LogP contribution < -0.4 is 14.8 Å². The summed E-state index contributed by atoms with van der Waals surface area (Å²) in [6.45, 7) is 6.28. The summed E-state index contributed by atoms with van der Waals surface area (Å²) in [5.74, 6) is -0.246. The summed E-state index contributed by atoms with van der Waals surface area (Å²) in [4.78, 5) is 0. The Morgan fingerprint density at radius 1 is 1.11 bits per heavy atom. The molecule has 0 radical (unpaired) electrons. The van der Waals surface area contributed by atoms with Crippen molar-refractivity contribution >= 4 is 0 Å². The third-order valence-corrected chi connectivity index (χ3v) is 2.22. The molecule has 0 fully saturated rings. The maximum absolute atomic E-state index is 12.2. The average molecular weight is 277 g/mol. The zero-order valence-corrected chi connectivity index (χ0v) is 11.1. The Kier molecular flexibility index (Phi) is 5.47. The van der Waals surface area contributed by atoms with Crippen LogP contribution in [0.5, 0.6) is 11.5 Å². The summed E-state index contributed by atoms with van der Waals surface area (Å²) in [5.41, 5.74) is 0. The molecule has 0 saturated carbocycles. The first-order chi connectivity index (χ1) is 8.78. The number of nitrogens with one attached hydrogen (secondary N) is 1. The van der Waals surface area contributed by atoms with E-state index in [0.29, 0.717) is 6.54 Å². The van der Waals surface area contributed by atoms with Crippen molar-refractivity contribution in [3.05, 3.63) is 24.3 Å². The molecule has 0 aromatic heterocycles. The van der Waals surface area contributed by atoms with Crippen molar-refractivity contribution in [1.29, 1.82) is 0 Å². The van der Waals surface area contributed by atoms with Gasteiger partial charge >= 0.3 is 6.36 Å². The number of para-hydroxylation sites is 2. The van der Waals surface area contributed by atoms with E-state index in [1.165, 1.54) is 18.2 Å². The number of rotatable bonds is 6. The van der Waals surface area contributed by atoms with Crippen molar-refractivity contribution in [3.8, 4) is 11.5 Å². The van der Waals surface area contributed by atoms with Crippen molar-refractivity contribution < 1.29 is 22.6 Å². The van der Waals surface area contributed by atoms with Crippen LogP contribution in [0.25, 0.3) is 0 Å². The van der Waals surface area contributed by atoms with Crippen molar-refractivity contribution in [3.63, 3.8) is 0 Å². The molecule has 1 rings (SSSR count). The molecule has 1 aromatic carbocycles. The zero-order valence-electron chi connectivity index (χ0n) is 11.1. The minimum absolute atomic E-state index is 0.0814. The van der Waals surface area contributed by atoms with E-state index in [4.69, 9.17) is 4.74 Å². The van der Waals surface area contributed by atoms with Gasteiger partial charge in [-0.2, -0.15) is 0 Å². The minimum atomic E-state index is -4.72. The highest BCUT2D eigenvalue weighted by Gasteiger charge is 2.32. The van der Waals surface area contributed by atoms with Crippen molar-refractivity contribution in [1.82, 2.24) is 5.32 Å². The van der Waals surface area contributed by atoms with Crippen LogP contribution in [0, 0.1) is 0 Å². The SMILES string of the molecule is CC(C)NCC(C)Oc1ccccc1OC(F)(F)F. The minimum Gasteiger partial charge on any atom is -0.485 e. The van der Waals surface area contributed by atoms with E-state index < -0.39 is 6.36 Å². The van der Waals surface area contributed by atoms with Crippen LogP contribution >= 0.6 is 0 Å². The first-order valence-electron chi connectivity index (χ1n) is 6.02. The molecule has 0 spiro atoms. The molecule has 0 amide bonds. The number of alkyl halides is 3. The van der Waals surface area contributed by atoms with Crippen LogP contribution in [0.15, 0.2) is 24.3 Å². The molecule has 1 aromatic rings. The Morgan fingerprint density at radius 2 is 1.68 bits per heavy atom. The second kappa shape index (κ2) is 6.65. The molecule has 0 aliphatic heterocycles. The molecule has 0 saturated heterocycles. The van der Waals surface area contributed by atoms with Crippen LogP contribution in [-0.4, -0.2) is 25.1 Å². The molecule has 1 atom stereocenters. The van der Waals surface area contributed by atoms with Crippen LogP contribution in [0.2, 0.25) is 0 Å². The monoisotopic (exact) mass is 277 g/mol. The second-order valence-corrected chi connectivity index (χ2v) is 4.49. The lowest BCUT2D eigenvalue weighted by Crippen LogP contribution is -2.33. The number of ether oxygens (including phenoxy) is 2. The lowest BCUT2D eigenvalue weighted by atomic mass is 10.3. The van der Waals surface area contributed by atoms with Gasteiger partial charge in [0.2, 0.25) is 0 Å². The van der Waals surface area contributed by atoms with Gasteiger partial charge < -0.3 is 14.8 Å². The fraction of sp³-hybridized carbons (Fsp3) is 0.538. The smallest absolute Gasteiger partial charge is 0.485 e. The maximum atomic E-state index is 12.2. The van der Waals surface area contributed by atoms with Crippen LogP contribution in [0.4, 0.5) is 13.2 Å². The average Bonchev–Trinajstić information content (AvgIpc) is 2.27. The molecule has 6 heteroatoms. The molecule has 19 heavy (non-hydrogen) atoms. The lowest BCUT2D eigenvalue weighted by Gasteiger charge is -2.19. The Morgan fingerprint density at radius 3 is 2.21 bits per heavy atom. The van der Waals surface area contributed by atoms with Crippen molar-refractivity contribution in [2.75, 3.05) is 6.54 Å². The Hall–Kier alpha value is -1.43.